The smallest absolute Gasteiger partial charge is 0.405 e. The van der Waals surface area contributed by atoms with Crippen LogP contribution >= 0.6 is 23.2 Å². The van der Waals surface area contributed by atoms with Crippen molar-refractivity contribution in [2.75, 3.05) is 13.2 Å². The summed E-state index contributed by atoms with van der Waals surface area (Å²) in [5, 5.41) is 5.27. The van der Waals surface area contributed by atoms with Gasteiger partial charge in [0, 0.05) is 36.5 Å². The molecule has 1 aromatic heterocycles. The molecule has 1 saturated carbocycles. The monoisotopic (exact) mass is 606 g/mol. The molecule has 14 heteroatoms. The second-order valence-electron chi connectivity index (χ2n) is 9.84. The van der Waals surface area contributed by atoms with Gasteiger partial charge in [0.25, 0.3) is 12.3 Å². The van der Waals surface area contributed by atoms with Crippen molar-refractivity contribution in [3.05, 3.63) is 56.8 Å². The van der Waals surface area contributed by atoms with Crippen molar-refractivity contribution in [1.82, 2.24) is 20.2 Å². The van der Waals surface area contributed by atoms with Crippen molar-refractivity contribution in [2.24, 2.45) is 12.5 Å². The Bertz CT molecular complexity index is 1450. The average Bonchev–Trinajstić information content (AvgIpc) is 3.57. The maximum atomic E-state index is 12.8. The summed E-state index contributed by atoms with van der Waals surface area (Å²) in [6, 6.07) is 5.80. The summed E-state index contributed by atoms with van der Waals surface area (Å²) in [6.07, 6.45) is -5.78. The van der Waals surface area contributed by atoms with E-state index in [4.69, 9.17) is 27.9 Å². The molecule has 1 heterocycles. The van der Waals surface area contributed by atoms with Crippen molar-refractivity contribution >= 4 is 46.0 Å². The fourth-order valence-electron chi connectivity index (χ4n) is 4.06. The van der Waals surface area contributed by atoms with Gasteiger partial charge in [-0.15, -0.1) is 0 Å². The maximum absolute atomic E-state index is 12.8. The van der Waals surface area contributed by atoms with Crippen LogP contribution in [0.4, 0.5) is 22.0 Å². The first-order chi connectivity index (χ1) is 18.7. The van der Waals surface area contributed by atoms with Crippen LogP contribution < -0.4 is 15.4 Å². The lowest BCUT2D eigenvalue weighted by molar-refractivity contribution is -0.126. The van der Waals surface area contributed by atoms with Crippen molar-refractivity contribution in [3.63, 3.8) is 0 Å². The molecule has 0 bridgehead atoms. The van der Waals surface area contributed by atoms with Crippen LogP contribution in [0.2, 0.25) is 10.0 Å². The number of nitrogens with zero attached hydrogens (tertiary/aromatic N) is 2. The SMILES string of the molecule is Cn1c(Cc2c(Cl)ccc(CNC(=O)C3(C)CC3)c2Cl)nc2cc(C(=O)NCC(F)(F)F)c(OCC(F)F)cc21. The van der Waals surface area contributed by atoms with Crippen LogP contribution in [-0.4, -0.2) is 47.1 Å². The van der Waals surface area contributed by atoms with E-state index < -0.39 is 31.7 Å². The number of halogens is 7. The number of imidazole rings is 1. The lowest BCUT2D eigenvalue weighted by Gasteiger charge is -2.14. The van der Waals surface area contributed by atoms with E-state index >= 15 is 0 Å². The second-order valence-corrected chi connectivity index (χ2v) is 10.6. The predicted molar refractivity (Wildman–Crippen MR) is 139 cm³/mol. The molecule has 1 aliphatic carbocycles. The Morgan fingerprint density at radius 3 is 2.50 bits per heavy atom. The maximum Gasteiger partial charge on any atom is 0.405 e. The van der Waals surface area contributed by atoms with E-state index in [0.717, 1.165) is 12.8 Å². The summed E-state index contributed by atoms with van der Waals surface area (Å²) in [6.45, 7) is -0.596. The zero-order valence-corrected chi connectivity index (χ0v) is 22.9. The second kappa shape index (κ2) is 11.4. The molecule has 0 spiro atoms. The third-order valence-corrected chi connectivity index (χ3v) is 7.55. The summed E-state index contributed by atoms with van der Waals surface area (Å²) in [5.41, 5.74) is 1.02. The largest absolute Gasteiger partial charge is 0.487 e. The molecule has 216 valence electrons. The Balaban J connectivity index is 1.64. The molecule has 2 amide bonds. The molecule has 3 aromatic rings. The fraction of sp³-hybridized carbons (Fsp3) is 0.423. The molecule has 0 unspecified atom stereocenters. The van der Waals surface area contributed by atoms with E-state index in [2.05, 4.69) is 10.3 Å². The number of hydrogen-bond acceptors (Lipinski definition) is 4. The number of benzene rings is 2. The lowest BCUT2D eigenvalue weighted by Crippen LogP contribution is -2.34. The van der Waals surface area contributed by atoms with Crippen LogP contribution in [0.15, 0.2) is 24.3 Å². The normalized spacial score (nSPS) is 14.4. The van der Waals surface area contributed by atoms with E-state index in [9.17, 15) is 31.5 Å². The van der Waals surface area contributed by atoms with Crippen molar-refractivity contribution in [3.8, 4) is 5.75 Å². The highest BCUT2D eigenvalue weighted by atomic mass is 35.5. The van der Waals surface area contributed by atoms with Crippen LogP contribution in [0, 0.1) is 5.41 Å². The van der Waals surface area contributed by atoms with Crippen LogP contribution in [0.1, 0.15) is 47.1 Å². The molecule has 4 rings (SSSR count). The van der Waals surface area contributed by atoms with Crippen LogP contribution in [0.3, 0.4) is 0 Å². The van der Waals surface area contributed by atoms with Gasteiger partial charge >= 0.3 is 6.18 Å². The van der Waals surface area contributed by atoms with Gasteiger partial charge in [-0.1, -0.05) is 36.2 Å². The highest BCUT2D eigenvalue weighted by Gasteiger charge is 2.44. The molecule has 1 fully saturated rings. The average molecular weight is 607 g/mol. The van der Waals surface area contributed by atoms with E-state index in [1.54, 1.807) is 29.1 Å². The number of hydrogen-bond donors (Lipinski definition) is 2. The number of nitrogens with one attached hydrogen (secondary N) is 2. The molecule has 0 aliphatic heterocycles. The number of aryl methyl sites for hydroxylation is 1. The van der Waals surface area contributed by atoms with Crippen LogP contribution in [0.25, 0.3) is 11.0 Å². The molecule has 0 atom stereocenters. The zero-order valence-electron chi connectivity index (χ0n) is 21.4. The van der Waals surface area contributed by atoms with Crippen molar-refractivity contribution in [1.29, 1.82) is 0 Å². The summed E-state index contributed by atoms with van der Waals surface area (Å²) in [4.78, 5) is 29.3. The molecule has 0 radical (unpaired) electrons. The van der Waals surface area contributed by atoms with Gasteiger partial charge in [-0.2, -0.15) is 13.2 Å². The zero-order chi connectivity index (χ0) is 29.4. The van der Waals surface area contributed by atoms with Gasteiger partial charge < -0.3 is 19.9 Å². The number of alkyl halides is 5. The summed E-state index contributed by atoms with van der Waals surface area (Å²) < 4.78 is 70.2. The number of rotatable bonds is 10. The Morgan fingerprint density at radius 1 is 1.18 bits per heavy atom. The van der Waals surface area contributed by atoms with Gasteiger partial charge in [0.1, 0.15) is 24.7 Å². The number of carbonyl (C=O) groups is 2. The molecular weight excluding hydrogens is 582 g/mol. The van der Waals surface area contributed by atoms with E-state index in [0.29, 0.717) is 32.5 Å². The minimum Gasteiger partial charge on any atom is -0.487 e. The third-order valence-electron chi connectivity index (χ3n) is 6.72. The van der Waals surface area contributed by atoms with Gasteiger partial charge in [-0.25, -0.2) is 13.8 Å². The molecule has 0 saturated heterocycles. The standard InChI is InChI=1S/C26H25Cl2F5N4O3/c1-25(5-6-25)24(39)34-10-13-3-4-16(27)14(22(13)28)8-21-36-17-7-15(23(38)35-12-26(31,32)33)19(40-11-20(29)30)9-18(17)37(21)2/h3-4,7,9,20H,5-6,8,10-12H2,1-2H3,(H,34,39)(H,35,38). The number of aromatic nitrogens is 2. The minimum absolute atomic E-state index is 0.0599. The molecule has 40 heavy (non-hydrogen) atoms. The molecule has 2 aromatic carbocycles. The summed E-state index contributed by atoms with van der Waals surface area (Å²) in [7, 11) is 1.63. The first-order valence-electron chi connectivity index (χ1n) is 12.2. The molecule has 7 nitrogen and oxygen atoms in total. The predicted octanol–water partition coefficient (Wildman–Crippen LogP) is 5.82. The van der Waals surface area contributed by atoms with Crippen molar-refractivity contribution in [2.45, 2.75) is 45.3 Å². The Kier molecular flexibility index (Phi) is 8.51. The Morgan fingerprint density at radius 2 is 1.88 bits per heavy atom. The summed E-state index contributed by atoms with van der Waals surface area (Å²) >= 11 is 13.1. The number of ether oxygens (including phenoxy) is 1. The topological polar surface area (TPSA) is 85.2 Å². The highest BCUT2D eigenvalue weighted by molar-refractivity contribution is 6.36. The summed E-state index contributed by atoms with van der Waals surface area (Å²) in [5.74, 6) is -1.12. The number of fused-ring (bicyclic) bond motifs is 1. The van der Waals surface area contributed by atoms with E-state index in [1.165, 1.54) is 12.1 Å². The number of carbonyl (C=O) groups excluding carboxylic acids is 2. The molecular formula is C26H25Cl2F5N4O3. The van der Waals surface area contributed by atoms with Gasteiger partial charge in [-0.3, -0.25) is 9.59 Å². The molecule has 1 aliphatic rings. The highest BCUT2D eigenvalue weighted by Crippen LogP contribution is 2.45. The van der Waals surface area contributed by atoms with E-state index in [1.807, 2.05) is 6.92 Å². The first-order valence-corrected chi connectivity index (χ1v) is 12.9. The van der Waals surface area contributed by atoms with Crippen LogP contribution in [0.5, 0.6) is 5.75 Å². The lowest BCUT2D eigenvalue weighted by atomic mass is 10.1. The third kappa shape index (κ3) is 6.77. The van der Waals surface area contributed by atoms with Gasteiger partial charge in [0.05, 0.1) is 21.6 Å². The van der Waals surface area contributed by atoms with Crippen molar-refractivity contribution < 1.29 is 36.3 Å². The van der Waals surface area contributed by atoms with Gasteiger partial charge in [0.15, 0.2) is 0 Å². The Labute approximate surface area is 236 Å². The minimum atomic E-state index is -4.67. The Hall–Kier alpha value is -3.12. The number of amides is 2. The van der Waals surface area contributed by atoms with Gasteiger partial charge in [-0.05, 0) is 36.1 Å². The fourth-order valence-corrected chi connectivity index (χ4v) is 4.63. The van der Waals surface area contributed by atoms with Crippen LogP contribution in [-0.2, 0) is 24.8 Å². The van der Waals surface area contributed by atoms with E-state index in [-0.39, 0.29) is 41.1 Å². The van der Waals surface area contributed by atoms with Gasteiger partial charge in [0.2, 0.25) is 5.91 Å². The first kappa shape index (κ1) is 29.9. The molecule has 2 N–H and O–H groups in total. The quantitative estimate of drug-likeness (QED) is 0.285.